The fourth-order valence-electron chi connectivity index (χ4n) is 1.22. The number of hydrogen-bond donors (Lipinski definition) is 3. The molecule has 0 spiro atoms. The first-order chi connectivity index (χ1) is 9.31. The number of alkyl halides is 3. The molecule has 8 heteroatoms. The third-order valence-corrected chi connectivity index (χ3v) is 2.24. The third kappa shape index (κ3) is 5.82. The standard InChI is InChI=1S/C12H11ClF3N3O/c13-9-3-4-10(8(6-9)2-1-5-17)19-11(20)18-7-12(14,15)16/h3-4,6H,5,7,17H2,(H2,18,19,20). The minimum absolute atomic E-state index is 0.103. The van der Waals surface area contributed by atoms with Crippen molar-refractivity contribution in [2.75, 3.05) is 18.4 Å². The molecule has 0 aliphatic rings. The molecule has 0 radical (unpaired) electrons. The Morgan fingerprint density at radius 2 is 2.10 bits per heavy atom. The van der Waals surface area contributed by atoms with Crippen LogP contribution in [-0.4, -0.2) is 25.3 Å². The lowest BCUT2D eigenvalue weighted by atomic mass is 10.2. The molecule has 1 aromatic rings. The zero-order valence-corrected chi connectivity index (χ0v) is 10.9. The van der Waals surface area contributed by atoms with Gasteiger partial charge in [-0.05, 0) is 18.2 Å². The fraction of sp³-hybridized carbons (Fsp3) is 0.250. The van der Waals surface area contributed by atoms with Crippen LogP contribution in [0, 0.1) is 11.8 Å². The monoisotopic (exact) mass is 305 g/mol. The Labute approximate surface area is 118 Å². The molecular formula is C12H11ClF3N3O. The van der Waals surface area contributed by atoms with Gasteiger partial charge >= 0.3 is 12.2 Å². The second kappa shape index (κ2) is 7.03. The molecule has 0 unspecified atom stereocenters. The van der Waals surface area contributed by atoms with Crippen LogP contribution in [0.1, 0.15) is 5.56 Å². The van der Waals surface area contributed by atoms with E-state index in [1.165, 1.54) is 18.2 Å². The molecular weight excluding hydrogens is 295 g/mol. The molecule has 2 amide bonds. The number of carbonyl (C=O) groups excluding carboxylic acids is 1. The normalized spacial score (nSPS) is 10.4. The molecule has 0 aliphatic carbocycles. The molecule has 0 saturated carbocycles. The number of carbonyl (C=O) groups is 1. The molecule has 0 heterocycles. The maximum absolute atomic E-state index is 12.0. The maximum atomic E-state index is 12.0. The largest absolute Gasteiger partial charge is 0.405 e. The lowest BCUT2D eigenvalue weighted by Crippen LogP contribution is -2.36. The van der Waals surface area contributed by atoms with E-state index in [1.54, 1.807) is 5.32 Å². The first-order valence-electron chi connectivity index (χ1n) is 5.42. The van der Waals surface area contributed by atoms with Gasteiger partial charge in [0.1, 0.15) is 6.54 Å². The molecule has 108 valence electrons. The highest BCUT2D eigenvalue weighted by molar-refractivity contribution is 6.30. The Kier molecular flexibility index (Phi) is 5.67. The van der Waals surface area contributed by atoms with Crippen LogP contribution in [0.15, 0.2) is 18.2 Å². The van der Waals surface area contributed by atoms with E-state index in [2.05, 4.69) is 17.2 Å². The zero-order chi connectivity index (χ0) is 15.2. The summed E-state index contributed by atoms with van der Waals surface area (Å²) in [7, 11) is 0. The van der Waals surface area contributed by atoms with Gasteiger partial charge in [0, 0.05) is 10.6 Å². The molecule has 0 saturated heterocycles. The summed E-state index contributed by atoms with van der Waals surface area (Å²) in [6, 6.07) is 3.41. The molecule has 4 N–H and O–H groups in total. The summed E-state index contributed by atoms with van der Waals surface area (Å²) in [6.45, 7) is -1.32. The van der Waals surface area contributed by atoms with Crippen LogP contribution in [0.25, 0.3) is 0 Å². The molecule has 1 rings (SSSR count). The van der Waals surface area contributed by atoms with E-state index in [0.717, 1.165) is 0 Å². The molecule has 0 atom stereocenters. The molecule has 0 bridgehead atoms. The zero-order valence-electron chi connectivity index (χ0n) is 10.1. The highest BCUT2D eigenvalue weighted by Gasteiger charge is 2.27. The van der Waals surface area contributed by atoms with E-state index in [-0.39, 0.29) is 12.2 Å². The fourth-order valence-corrected chi connectivity index (χ4v) is 1.39. The van der Waals surface area contributed by atoms with Crippen LogP contribution in [0.5, 0.6) is 0 Å². The van der Waals surface area contributed by atoms with Gasteiger partial charge in [-0.3, -0.25) is 0 Å². The van der Waals surface area contributed by atoms with Gasteiger partial charge in [0.25, 0.3) is 0 Å². The lowest BCUT2D eigenvalue weighted by Gasteiger charge is -2.11. The molecule has 0 fully saturated rings. The number of nitrogens with two attached hydrogens (primary N) is 1. The van der Waals surface area contributed by atoms with Crippen LogP contribution < -0.4 is 16.4 Å². The molecule has 1 aromatic carbocycles. The van der Waals surface area contributed by atoms with Gasteiger partial charge in [-0.25, -0.2) is 4.79 Å². The highest BCUT2D eigenvalue weighted by atomic mass is 35.5. The number of nitrogens with one attached hydrogen (secondary N) is 2. The molecule has 4 nitrogen and oxygen atoms in total. The number of anilines is 1. The number of rotatable bonds is 2. The Bertz CT molecular complexity index is 549. The summed E-state index contributed by atoms with van der Waals surface area (Å²) < 4.78 is 35.9. The third-order valence-electron chi connectivity index (χ3n) is 2.00. The highest BCUT2D eigenvalue weighted by Crippen LogP contribution is 2.20. The summed E-state index contributed by atoms with van der Waals surface area (Å²) >= 11 is 5.78. The van der Waals surface area contributed by atoms with Gasteiger partial charge in [-0.2, -0.15) is 13.2 Å². The number of halogens is 4. The Balaban J connectivity index is 2.79. The predicted octanol–water partition coefficient (Wildman–Crippen LogP) is 2.33. The number of urea groups is 1. The second-order valence-corrected chi connectivity index (χ2v) is 4.06. The summed E-state index contributed by atoms with van der Waals surface area (Å²) in [5, 5.41) is 4.34. The first kappa shape index (κ1) is 16.1. The average Bonchev–Trinajstić information content (AvgIpc) is 2.36. The van der Waals surface area contributed by atoms with Gasteiger partial charge in [0.05, 0.1) is 12.2 Å². The first-order valence-corrected chi connectivity index (χ1v) is 5.79. The van der Waals surface area contributed by atoms with Crippen LogP contribution in [-0.2, 0) is 0 Å². The van der Waals surface area contributed by atoms with E-state index >= 15 is 0 Å². The van der Waals surface area contributed by atoms with Crippen molar-refractivity contribution in [1.29, 1.82) is 0 Å². The van der Waals surface area contributed by atoms with Crippen LogP contribution in [0.2, 0.25) is 5.02 Å². The Hall–Kier alpha value is -1.91. The van der Waals surface area contributed by atoms with Crippen LogP contribution in [0.4, 0.5) is 23.7 Å². The summed E-state index contributed by atoms with van der Waals surface area (Å²) in [5.74, 6) is 5.24. The second-order valence-electron chi connectivity index (χ2n) is 3.62. The summed E-state index contributed by atoms with van der Waals surface area (Å²) in [4.78, 5) is 11.3. The van der Waals surface area contributed by atoms with Crippen LogP contribution in [0.3, 0.4) is 0 Å². The maximum Gasteiger partial charge on any atom is 0.405 e. The van der Waals surface area contributed by atoms with Crippen molar-refractivity contribution in [3.05, 3.63) is 28.8 Å². The van der Waals surface area contributed by atoms with Crippen molar-refractivity contribution < 1.29 is 18.0 Å². The van der Waals surface area contributed by atoms with Gasteiger partial charge in [-0.1, -0.05) is 23.4 Å². The minimum atomic E-state index is -4.47. The topological polar surface area (TPSA) is 67.1 Å². The van der Waals surface area contributed by atoms with Crippen molar-refractivity contribution in [3.63, 3.8) is 0 Å². The molecule has 0 aliphatic heterocycles. The van der Waals surface area contributed by atoms with Crippen molar-refractivity contribution in [2.45, 2.75) is 6.18 Å². The van der Waals surface area contributed by atoms with E-state index < -0.39 is 18.8 Å². The van der Waals surface area contributed by atoms with Gasteiger partial charge < -0.3 is 16.4 Å². The molecule has 20 heavy (non-hydrogen) atoms. The van der Waals surface area contributed by atoms with Gasteiger partial charge in [0.2, 0.25) is 0 Å². The number of benzene rings is 1. The lowest BCUT2D eigenvalue weighted by molar-refractivity contribution is -0.122. The van der Waals surface area contributed by atoms with Crippen molar-refractivity contribution in [3.8, 4) is 11.8 Å². The smallest absolute Gasteiger partial charge is 0.329 e. The minimum Gasteiger partial charge on any atom is -0.329 e. The van der Waals surface area contributed by atoms with E-state index in [1.807, 2.05) is 0 Å². The van der Waals surface area contributed by atoms with Gasteiger partial charge in [0.15, 0.2) is 0 Å². The SMILES string of the molecule is NCC#Cc1cc(Cl)ccc1NC(=O)NCC(F)(F)F. The summed E-state index contributed by atoms with van der Waals surface area (Å²) in [6.07, 6.45) is -4.47. The van der Waals surface area contributed by atoms with Crippen molar-refractivity contribution in [2.24, 2.45) is 5.73 Å². The van der Waals surface area contributed by atoms with Crippen molar-refractivity contribution in [1.82, 2.24) is 5.32 Å². The van der Waals surface area contributed by atoms with Crippen LogP contribution >= 0.6 is 11.6 Å². The van der Waals surface area contributed by atoms with Gasteiger partial charge in [-0.15, -0.1) is 0 Å². The Morgan fingerprint density at radius 1 is 1.40 bits per heavy atom. The number of amides is 2. The average molecular weight is 306 g/mol. The predicted molar refractivity (Wildman–Crippen MR) is 70.5 cm³/mol. The van der Waals surface area contributed by atoms with E-state index in [4.69, 9.17) is 17.3 Å². The Morgan fingerprint density at radius 3 is 2.70 bits per heavy atom. The van der Waals surface area contributed by atoms with E-state index in [9.17, 15) is 18.0 Å². The van der Waals surface area contributed by atoms with E-state index in [0.29, 0.717) is 10.6 Å². The quantitative estimate of drug-likeness (QED) is 0.734. The van der Waals surface area contributed by atoms with Crippen molar-refractivity contribution >= 4 is 23.3 Å². The number of hydrogen-bond acceptors (Lipinski definition) is 2. The summed E-state index contributed by atoms with van der Waals surface area (Å²) in [5.41, 5.74) is 5.84. The molecule has 0 aromatic heterocycles.